The highest BCUT2D eigenvalue weighted by Gasteiger charge is 1.92. The minimum absolute atomic E-state index is 0.711. The Bertz CT molecular complexity index is 220. The molecule has 0 aliphatic heterocycles. The van der Waals surface area contributed by atoms with Crippen LogP contribution in [0.3, 0.4) is 0 Å². The molecule has 1 heteroatoms. The lowest BCUT2D eigenvalue weighted by Gasteiger charge is -2.02. The fraction of sp³-hybridized carbons (Fsp3) is 0.850. The first-order valence-corrected chi connectivity index (χ1v) is 9.50. The van der Waals surface area contributed by atoms with Crippen LogP contribution in [0, 0.1) is 0 Å². The average Bonchev–Trinajstić information content (AvgIpc) is 2.50. The molecule has 0 amide bonds. The molecule has 0 spiro atoms. The van der Waals surface area contributed by atoms with Crippen LogP contribution < -0.4 is 0 Å². The Kier molecular flexibility index (Phi) is 18.9. The molecule has 0 radical (unpaired) electrons. The average molecular weight is 295 g/mol. The number of hydrogen-bond donors (Lipinski definition) is 0. The van der Waals surface area contributed by atoms with E-state index >= 15 is 0 Å². The monoisotopic (exact) mass is 294 g/mol. The number of unbranched alkanes of at least 4 members (excludes halogenated alkanes) is 14. The molecule has 0 saturated heterocycles. The number of aldehydes is 1. The molecule has 0 aromatic heterocycles. The molecule has 0 rings (SSSR count). The van der Waals surface area contributed by atoms with Gasteiger partial charge in [0, 0.05) is 6.42 Å². The van der Waals surface area contributed by atoms with Crippen LogP contribution in [0.2, 0.25) is 0 Å². The maximum Gasteiger partial charge on any atom is 0.120 e. The lowest BCUT2D eigenvalue weighted by Crippen LogP contribution is -1.82. The third-order valence-corrected chi connectivity index (χ3v) is 4.08. The predicted molar refractivity (Wildman–Crippen MR) is 94.8 cm³/mol. The van der Waals surface area contributed by atoms with Crippen molar-refractivity contribution >= 4 is 6.29 Å². The van der Waals surface area contributed by atoms with E-state index < -0.39 is 0 Å². The van der Waals surface area contributed by atoms with Crippen LogP contribution in [-0.2, 0) is 4.79 Å². The van der Waals surface area contributed by atoms with Crippen molar-refractivity contribution in [3.63, 3.8) is 0 Å². The van der Waals surface area contributed by atoms with Crippen molar-refractivity contribution < 1.29 is 4.79 Å². The number of allylic oxidation sites excluding steroid dienone is 2. The van der Waals surface area contributed by atoms with Crippen molar-refractivity contribution in [1.82, 2.24) is 0 Å². The fourth-order valence-electron chi connectivity index (χ4n) is 2.66. The largest absolute Gasteiger partial charge is 0.303 e. The molecule has 0 aromatic carbocycles. The van der Waals surface area contributed by atoms with Crippen molar-refractivity contribution in [1.29, 1.82) is 0 Å². The Morgan fingerprint density at radius 2 is 0.952 bits per heavy atom. The second-order valence-electron chi connectivity index (χ2n) is 6.25. The minimum Gasteiger partial charge on any atom is -0.303 e. The van der Waals surface area contributed by atoms with Crippen molar-refractivity contribution in [3.8, 4) is 0 Å². The summed E-state index contributed by atoms with van der Waals surface area (Å²) < 4.78 is 0. The Morgan fingerprint density at radius 1 is 0.524 bits per heavy atom. The van der Waals surface area contributed by atoms with Crippen molar-refractivity contribution in [2.75, 3.05) is 0 Å². The molecule has 0 unspecified atom stereocenters. The van der Waals surface area contributed by atoms with Crippen LogP contribution in [-0.4, -0.2) is 6.29 Å². The van der Waals surface area contributed by atoms with Crippen molar-refractivity contribution in [2.24, 2.45) is 0 Å². The van der Waals surface area contributed by atoms with E-state index in [2.05, 4.69) is 19.1 Å². The third kappa shape index (κ3) is 19.4. The zero-order valence-electron chi connectivity index (χ0n) is 14.5. The van der Waals surface area contributed by atoms with Gasteiger partial charge in [-0.1, -0.05) is 89.7 Å². The Morgan fingerprint density at radius 3 is 1.43 bits per heavy atom. The van der Waals surface area contributed by atoms with Gasteiger partial charge >= 0.3 is 0 Å². The molecule has 0 N–H and O–H groups in total. The van der Waals surface area contributed by atoms with Gasteiger partial charge in [0.15, 0.2) is 0 Å². The van der Waals surface area contributed by atoms with Gasteiger partial charge in [0.1, 0.15) is 6.29 Å². The summed E-state index contributed by atoms with van der Waals surface area (Å²) in [6.45, 7) is 2.28. The van der Waals surface area contributed by atoms with E-state index in [1.807, 2.05) is 0 Å². The minimum atomic E-state index is 0.711. The Labute approximate surface area is 133 Å². The van der Waals surface area contributed by atoms with Crippen LogP contribution in [0.25, 0.3) is 0 Å². The molecule has 0 aliphatic carbocycles. The summed E-state index contributed by atoms with van der Waals surface area (Å²) in [5, 5.41) is 0. The molecule has 0 atom stereocenters. The topological polar surface area (TPSA) is 17.1 Å². The summed E-state index contributed by atoms with van der Waals surface area (Å²) >= 11 is 0. The summed E-state index contributed by atoms with van der Waals surface area (Å²) in [6, 6.07) is 0. The first-order chi connectivity index (χ1) is 10.4. The zero-order valence-corrected chi connectivity index (χ0v) is 14.5. The molecule has 0 saturated carbocycles. The summed E-state index contributed by atoms with van der Waals surface area (Å²) in [7, 11) is 0. The van der Waals surface area contributed by atoms with E-state index in [9.17, 15) is 4.79 Å². The first kappa shape index (κ1) is 20.4. The highest BCUT2D eigenvalue weighted by molar-refractivity contribution is 5.48. The standard InChI is InChI=1S/C20H38O/c1-2-3-4-5-6-7-8-9-10-11-12-13-14-15-16-17-18-19-20-21/h15-16,20H,2-14,17-19H2,1H3/b16-15-. The maximum absolute atomic E-state index is 10.1. The summed E-state index contributed by atoms with van der Waals surface area (Å²) in [4.78, 5) is 10.1. The van der Waals surface area contributed by atoms with Gasteiger partial charge in [-0.3, -0.25) is 0 Å². The summed E-state index contributed by atoms with van der Waals surface area (Å²) in [5.41, 5.74) is 0. The Hall–Kier alpha value is -0.590. The van der Waals surface area contributed by atoms with Gasteiger partial charge in [0.25, 0.3) is 0 Å². The van der Waals surface area contributed by atoms with E-state index in [0.29, 0.717) is 6.42 Å². The first-order valence-electron chi connectivity index (χ1n) is 9.50. The summed E-state index contributed by atoms with van der Waals surface area (Å²) in [5.74, 6) is 0. The zero-order chi connectivity index (χ0) is 15.4. The lowest BCUT2D eigenvalue weighted by atomic mass is 10.0. The Balaban J connectivity index is 3.00. The van der Waals surface area contributed by atoms with Crippen molar-refractivity contribution in [3.05, 3.63) is 12.2 Å². The van der Waals surface area contributed by atoms with Gasteiger partial charge < -0.3 is 4.79 Å². The normalized spacial score (nSPS) is 11.3. The van der Waals surface area contributed by atoms with E-state index in [0.717, 1.165) is 19.1 Å². The van der Waals surface area contributed by atoms with Crippen LogP contribution >= 0.6 is 0 Å². The molecule has 1 nitrogen and oxygen atoms in total. The van der Waals surface area contributed by atoms with E-state index in [1.165, 1.54) is 83.5 Å². The van der Waals surface area contributed by atoms with Crippen LogP contribution in [0.4, 0.5) is 0 Å². The van der Waals surface area contributed by atoms with Gasteiger partial charge in [-0.15, -0.1) is 0 Å². The second kappa shape index (κ2) is 19.4. The number of hydrogen-bond acceptors (Lipinski definition) is 1. The van der Waals surface area contributed by atoms with Gasteiger partial charge in [0.05, 0.1) is 0 Å². The van der Waals surface area contributed by atoms with Gasteiger partial charge in [-0.25, -0.2) is 0 Å². The van der Waals surface area contributed by atoms with Crippen LogP contribution in [0.15, 0.2) is 12.2 Å². The molecule has 0 bridgehead atoms. The van der Waals surface area contributed by atoms with Gasteiger partial charge in [0.2, 0.25) is 0 Å². The second-order valence-corrected chi connectivity index (χ2v) is 6.25. The van der Waals surface area contributed by atoms with E-state index in [4.69, 9.17) is 0 Å². The third-order valence-electron chi connectivity index (χ3n) is 4.08. The highest BCUT2D eigenvalue weighted by Crippen LogP contribution is 2.12. The molecule has 21 heavy (non-hydrogen) atoms. The predicted octanol–water partition coefficient (Wildman–Crippen LogP) is 7.00. The molecular formula is C20H38O. The van der Waals surface area contributed by atoms with E-state index in [-0.39, 0.29) is 0 Å². The smallest absolute Gasteiger partial charge is 0.120 e. The molecular weight excluding hydrogens is 256 g/mol. The molecule has 0 aliphatic rings. The summed E-state index contributed by atoms with van der Waals surface area (Å²) in [6.07, 6.45) is 26.6. The fourth-order valence-corrected chi connectivity index (χ4v) is 2.66. The molecule has 0 fully saturated rings. The highest BCUT2D eigenvalue weighted by atomic mass is 16.1. The number of rotatable bonds is 17. The lowest BCUT2D eigenvalue weighted by molar-refractivity contribution is -0.107. The van der Waals surface area contributed by atoms with E-state index in [1.54, 1.807) is 0 Å². The van der Waals surface area contributed by atoms with Crippen molar-refractivity contribution in [2.45, 2.75) is 110 Å². The SMILES string of the molecule is CCCCCCCCCCCCCC/C=C\CCCC=O. The quantitative estimate of drug-likeness (QED) is 0.160. The van der Waals surface area contributed by atoms with Gasteiger partial charge in [-0.2, -0.15) is 0 Å². The number of carbonyl (C=O) groups excluding carboxylic acids is 1. The van der Waals surface area contributed by atoms with Gasteiger partial charge in [-0.05, 0) is 25.7 Å². The molecule has 0 heterocycles. The molecule has 124 valence electrons. The maximum atomic E-state index is 10.1. The number of carbonyl (C=O) groups is 1. The van der Waals surface area contributed by atoms with Crippen LogP contribution in [0.5, 0.6) is 0 Å². The molecule has 0 aromatic rings. The van der Waals surface area contributed by atoms with Crippen LogP contribution in [0.1, 0.15) is 110 Å².